The van der Waals surface area contributed by atoms with Gasteiger partial charge in [0, 0.05) is 6.92 Å². The Morgan fingerprint density at radius 2 is 2.12 bits per heavy atom. The molecule has 7 nitrogen and oxygen atoms in total. The Morgan fingerprint density at radius 3 is 2.69 bits per heavy atom. The lowest BCUT2D eigenvalue weighted by Crippen LogP contribution is -2.15. The lowest BCUT2D eigenvalue weighted by atomic mass is 10.3. The minimum Gasteiger partial charge on any atom is -0.436 e. The smallest absolute Gasteiger partial charge is 0.295 e. The van der Waals surface area contributed by atoms with E-state index in [1.165, 1.54) is 0 Å². The van der Waals surface area contributed by atoms with E-state index in [1.54, 1.807) is 13.8 Å². The Bertz CT molecular complexity index is 491. The van der Waals surface area contributed by atoms with Crippen molar-refractivity contribution in [3.05, 3.63) is 17.4 Å². The average Bonchev–Trinajstić information content (AvgIpc) is 2.83. The van der Waals surface area contributed by atoms with Crippen LogP contribution >= 0.6 is 0 Å². The first-order valence-electron chi connectivity index (χ1n) is 4.76. The highest BCUT2D eigenvalue weighted by atomic mass is 16.5. The lowest BCUT2D eigenvalue weighted by molar-refractivity contribution is 0.260. The summed E-state index contributed by atoms with van der Waals surface area (Å²) in [4.78, 5) is 8.12. The van der Waals surface area contributed by atoms with Crippen LogP contribution in [0.4, 0.5) is 0 Å². The molecule has 7 heteroatoms. The Labute approximate surface area is 91.3 Å². The van der Waals surface area contributed by atoms with E-state index in [1.807, 2.05) is 0 Å². The normalized spacial score (nSPS) is 13.0. The molecule has 16 heavy (non-hydrogen) atoms. The largest absolute Gasteiger partial charge is 0.436 e. The molecular weight excluding hydrogens is 212 g/mol. The van der Waals surface area contributed by atoms with Gasteiger partial charge in [0.2, 0.25) is 5.76 Å². The number of hydrogen-bond acceptors (Lipinski definition) is 7. The molecule has 2 heterocycles. The SMILES string of the molecule is Cc1nc(C)c(-c2nc(C(N)CO)no2)o1. The van der Waals surface area contributed by atoms with Gasteiger partial charge in [-0.3, -0.25) is 0 Å². The molecule has 0 aliphatic rings. The van der Waals surface area contributed by atoms with Gasteiger partial charge >= 0.3 is 0 Å². The number of nitrogens with two attached hydrogens (primary N) is 1. The van der Waals surface area contributed by atoms with Crippen LogP contribution in [0.5, 0.6) is 0 Å². The number of aliphatic hydroxyl groups excluding tert-OH is 1. The number of hydrogen-bond donors (Lipinski definition) is 2. The molecule has 0 bridgehead atoms. The molecule has 1 atom stereocenters. The van der Waals surface area contributed by atoms with Crippen LogP contribution in [-0.4, -0.2) is 26.8 Å². The predicted molar refractivity (Wildman–Crippen MR) is 53.3 cm³/mol. The summed E-state index contributed by atoms with van der Waals surface area (Å²) in [5, 5.41) is 12.5. The zero-order valence-electron chi connectivity index (χ0n) is 8.97. The Morgan fingerprint density at radius 1 is 1.38 bits per heavy atom. The second kappa shape index (κ2) is 4.03. The van der Waals surface area contributed by atoms with Crippen LogP contribution < -0.4 is 5.73 Å². The van der Waals surface area contributed by atoms with E-state index in [0.717, 1.165) is 0 Å². The van der Waals surface area contributed by atoms with Crippen molar-refractivity contribution < 1.29 is 14.0 Å². The Kier molecular flexibility index (Phi) is 2.71. The fraction of sp³-hybridized carbons (Fsp3) is 0.444. The summed E-state index contributed by atoms with van der Waals surface area (Å²) in [6, 6.07) is -0.651. The van der Waals surface area contributed by atoms with Crippen molar-refractivity contribution in [2.45, 2.75) is 19.9 Å². The molecule has 2 rings (SSSR count). The average molecular weight is 224 g/mol. The van der Waals surface area contributed by atoms with Gasteiger partial charge in [-0.1, -0.05) is 5.16 Å². The number of nitrogens with zero attached hydrogens (tertiary/aromatic N) is 3. The Hall–Kier alpha value is -1.73. The molecule has 0 saturated carbocycles. The molecule has 0 saturated heterocycles. The van der Waals surface area contributed by atoms with Crippen molar-refractivity contribution in [1.82, 2.24) is 15.1 Å². The minimum atomic E-state index is -0.651. The summed E-state index contributed by atoms with van der Waals surface area (Å²) in [5.41, 5.74) is 6.22. The predicted octanol–water partition coefficient (Wildman–Crippen LogP) is 0.334. The first-order chi connectivity index (χ1) is 7.61. The molecule has 3 N–H and O–H groups in total. The highest BCUT2D eigenvalue weighted by molar-refractivity contribution is 5.47. The zero-order valence-corrected chi connectivity index (χ0v) is 8.97. The molecule has 2 aromatic heterocycles. The third kappa shape index (κ3) is 1.82. The lowest BCUT2D eigenvalue weighted by Gasteiger charge is -1.98. The monoisotopic (exact) mass is 224 g/mol. The maximum absolute atomic E-state index is 8.84. The first kappa shape index (κ1) is 10.8. The zero-order chi connectivity index (χ0) is 11.7. The third-order valence-electron chi connectivity index (χ3n) is 2.07. The van der Waals surface area contributed by atoms with Gasteiger partial charge in [0.05, 0.1) is 18.3 Å². The van der Waals surface area contributed by atoms with Gasteiger partial charge in [0.1, 0.15) is 0 Å². The fourth-order valence-corrected chi connectivity index (χ4v) is 1.29. The van der Waals surface area contributed by atoms with Crippen molar-refractivity contribution in [2.24, 2.45) is 5.73 Å². The van der Waals surface area contributed by atoms with Crippen molar-refractivity contribution in [3.8, 4) is 11.7 Å². The number of aliphatic hydroxyl groups is 1. The van der Waals surface area contributed by atoms with E-state index in [2.05, 4.69) is 15.1 Å². The summed E-state index contributed by atoms with van der Waals surface area (Å²) in [6.07, 6.45) is 0. The van der Waals surface area contributed by atoms with Crippen LogP contribution in [0.1, 0.15) is 23.5 Å². The molecule has 0 aromatic carbocycles. The molecule has 0 spiro atoms. The fourth-order valence-electron chi connectivity index (χ4n) is 1.29. The van der Waals surface area contributed by atoms with Crippen LogP contribution in [0.15, 0.2) is 8.94 Å². The number of aromatic nitrogens is 3. The summed E-state index contributed by atoms with van der Waals surface area (Å²) >= 11 is 0. The van der Waals surface area contributed by atoms with E-state index in [9.17, 15) is 0 Å². The van der Waals surface area contributed by atoms with Crippen molar-refractivity contribution in [1.29, 1.82) is 0 Å². The van der Waals surface area contributed by atoms with Crippen molar-refractivity contribution >= 4 is 0 Å². The van der Waals surface area contributed by atoms with Crippen LogP contribution in [0, 0.1) is 13.8 Å². The van der Waals surface area contributed by atoms with Gasteiger partial charge in [-0.2, -0.15) is 4.98 Å². The van der Waals surface area contributed by atoms with Gasteiger partial charge in [-0.25, -0.2) is 4.98 Å². The highest BCUT2D eigenvalue weighted by Gasteiger charge is 2.19. The molecule has 0 radical (unpaired) electrons. The van der Waals surface area contributed by atoms with E-state index in [-0.39, 0.29) is 18.3 Å². The van der Waals surface area contributed by atoms with Crippen LogP contribution in [0.2, 0.25) is 0 Å². The second-order valence-corrected chi connectivity index (χ2v) is 3.39. The summed E-state index contributed by atoms with van der Waals surface area (Å²) in [7, 11) is 0. The quantitative estimate of drug-likeness (QED) is 0.772. The maximum Gasteiger partial charge on any atom is 0.295 e. The van der Waals surface area contributed by atoms with Gasteiger partial charge < -0.3 is 19.8 Å². The van der Waals surface area contributed by atoms with E-state index < -0.39 is 6.04 Å². The molecule has 2 aromatic rings. The number of aryl methyl sites for hydroxylation is 2. The van der Waals surface area contributed by atoms with Gasteiger partial charge in [-0.15, -0.1) is 0 Å². The summed E-state index contributed by atoms with van der Waals surface area (Å²) < 4.78 is 10.3. The molecule has 0 amide bonds. The standard InChI is InChI=1S/C9H12N4O3/c1-4-7(15-5(2)11-4)9-12-8(13-16-9)6(10)3-14/h6,14H,3,10H2,1-2H3. The first-order valence-corrected chi connectivity index (χ1v) is 4.76. The van der Waals surface area contributed by atoms with Crippen molar-refractivity contribution in [3.63, 3.8) is 0 Å². The molecule has 0 fully saturated rings. The van der Waals surface area contributed by atoms with Gasteiger partial charge in [-0.05, 0) is 6.92 Å². The van der Waals surface area contributed by atoms with Crippen molar-refractivity contribution in [2.75, 3.05) is 6.61 Å². The van der Waals surface area contributed by atoms with Gasteiger partial charge in [0.15, 0.2) is 11.7 Å². The topological polar surface area (TPSA) is 111 Å². The third-order valence-corrected chi connectivity index (χ3v) is 2.07. The number of oxazole rings is 1. The summed E-state index contributed by atoms with van der Waals surface area (Å²) in [5.74, 6) is 1.42. The second-order valence-electron chi connectivity index (χ2n) is 3.39. The van der Waals surface area contributed by atoms with E-state index in [4.69, 9.17) is 19.8 Å². The van der Waals surface area contributed by atoms with E-state index in [0.29, 0.717) is 17.3 Å². The highest BCUT2D eigenvalue weighted by Crippen LogP contribution is 2.23. The van der Waals surface area contributed by atoms with E-state index >= 15 is 0 Å². The molecule has 86 valence electrons. The number of rotatable bonds is 3. The Balaban J connectivity index is 2.35. The molecule has 1 unspecified atom stereocenters. The molecular formula is C9H12N4O3. The molecule has 0 aliphatic carbocycles. The minimum absolute atomic E-state index is 0.219. The van der Waals surface area contributed by atoms with Gasteiger partial charge in [0.25, 0.3) is 5.89 Å². The molecule has 0 aliphatic heterocycles. The van der Waals surface area contributed by atoms with Crippen LogP contribution in [-0.2, 0) is 0 Å². The summed E-state index contributed by atoms with van der Waals surface area (Å²) in [6.45, 7) is 3.27. The van der Waals surface area contributed by atoms with Crippen LogP contribution in [0.3, 0.4) is 0 Å². The maximum atomic E-state index is 8.84. The van der Waals surface area contributed by atoms with Crippen LogP contribution in [0.25, 0.3) is 11.7 Å².